The van der Waals surface area contributed by atoms with Gasteiger partial charge in [-0.1, -0.05) is 12.1 Å². The molecule has 1 saturated heterocycles. The molecule has 0 atom stereocenters. The van der Waals surface area contributed by atoms with Crippen molar-refractivity contribution in [1.82, 2.24) is 0 Å². The first kappa shape index (κ1) is 11.1. The van der Waals surface area contributed by atoms with Gasteiger partial charge in [0.1, 0.15) is 5.82 Å². The van der Waals surface area contributed by atoms with Crippen LogP contribution in [-0.2, 0) is 14.9 Å². The molecule has 0 N–H and O–H groups in total. The maximum atomic E-state index is 12.8. The second-order valence-corrected chi connectivity index (χ2v) is 3.99. The zero-order chi connectivity index (χ0) is 11.6. The highest BCUT2D eigenvalue weighted by atomic mass is 19.1. The van der Waals surface area contributed by atoms with Gasteiger partial charge >= 0.3 is 0 Å². The predicted octanol–water partition coefficient (Wildman–Crippen LogP) is 0.624. The van der Waals surface area contributed by atoms with E-state index in [2.05, 4.69) is 0 Å². The lowest BCUT2D eigenvalue weighted by atomic mass is 9.74. The fraction of sp³-hybridized carbons (Fsp3) is 0.417. The van der Waals surface area contributed by atoms with Crippen molar-refractivity contribution >= 4 is 5.97 Å². The van der Waals surface area contributed by atoms with Gasteiger partial charge in [0, 0.05) is 18.6 Å². The molecule has 0 unspecified atom stereocenters. The summed E-state index contributed by atoms with van der Waals surface area (Å²) in [6.07, 6.45) is 0.752. The summed E-state index contributed by atoms with van der Waals surface area (Å²) in [5, 5.41) is 11.3. The third-order valence-corrected chi connectivity index (χ3v) is 3.13. The Balaban J connectivity index is 2.38. The second kappa shape index (κ2) is 4.22. The maximum Gasteiger partial charge on any atom is 0.123 e. The molecule has 1 aliphatic rings. The fourth-order valence-corrected chi connectivity index (χ4v) is 2.10. The number of hydrogen-bond donors (Lipinski definition) is 0. The highest BCUT2D eigenvalue weighted by molar-refractivity contribution is 5.79. The third-order valence-electron chi connectivity index (χ3n) is 3.13. The van der Waals surface area contributed by atoms with Crippen molar-refractivity contribution in [2.45, 2.75) is 18.3 Å². The molecule has 1 aromatic carbocycles. The van der Waals surface area contributed by atoms with E-state index in [0.29, 0.717) is 31.6 Å². The van der Waals surface area contributed by atoms with Crippen LogP contribution in [0, 0.1) is 5.82 Å². The summed E-state index contributed by atoms with van der Waals surface area (Å²) in [4.78, 5) is 11.3. The highest BCUT2D eigenvalue weighted by Gasteiger charge is 2.35. The summed E-state index contributed by atoms with van der Waals surface area (Å²) in [6, 6.07) is 5.57. The van der Waals surface area contributed by atoms with E-state index in [1.807, 2.05) is 0 Å². The molecule has 0 radical (unpaired) electrons. The van der Waals surface area contributed by atoms with Crippen LogP contribution in [0.2, 0.25) is 0 Å². The zero-order valence-electron chi connectivity index (χ0n) is 8.74. The molecule has 16 heavy (non-hydrogen) atoms. The summed E-state index contributed by atoms with van der Waals surface area (Å²) in [6.45, 7) is 0.788. The Bertz CT molecular complexity index is 380. The number of carbonyl (C=O) groups excluding carboxylic acids is 1. The van der Waals surface area contributed by atoms with E-state index >= 15 is 0 Å². The van der Waals surface area contributed by atoms with Crippen LogP contribution in [0.4, 0.5) is 4.39 Å². The van der Waals surface area contributed by atoms with Crippen LogP contribution in [-0.4, -0.2) is 19.2 Å². The molecule has 0 bridgehead atoms. The molecule has 3 nitrogen and oxygen atoms in total. The number of carboxylic acids is 1. The number of carbonyl (C=O) groups is 1. The molecule has 4 heteroatoms. The zero-order valence-corrected chi connectivity index (χ0v) is 8.74. The Labute approximate surface area is 92.9 Å². The molecule has 2 rings (SSSR count). The van der Waals surface area contributed by atoms with Gasteiger partial charge in [-0.3, -0.25) is 0 Å². The van der Waals surface area contributed by atoms with E-state index in [4.69, 9.17) is 4.74 Å². The Hall–Kier alpha value is -1.42. The van der Waals surface area contributed by atoms with E-state index in [9.17, 15) is 14.3 Å². The van der Waals surface area contributed by atoms with E-state index in [1.54, 1.807) is 0 Å². The Morgan fingerprint density at radius 3 is 2.31 bits per heavy atom. The molecule has 0 aliphatic carbocycles. The van der Waals surface area contributed by atoms with Crippen LogP contribution >= 0.6 is 0 Å². The lowest BCUT2D eigenvalue weighted by Gasteiger charge is -2.38. The first-order chi connectivity index (χ1) is 7.65. The van der Waals surface area contributed by atoms with Gasteiger partial charge in [-0.25, -0.2) is 4.39 Å². The van der Waals surface area contributed by atoms with Crippen LogP contribution in [0.5, 0.6) is 0 Å². The van der Waals surface area contributed by atoms with Crippen molar-refractivity contribution in [2.24, 2.45) is 0 Å². The number of halogens is 1. The van der Waals surface area contributed by atoms with Crippen LogP contribution < -0.4 is 5.11 Å². The molecular formula is C12H12FO3-. The monoisotopic (exact) mass is 223 g/mol. The van der Waals surface area contributed by atoms with E-state index < -0.39 is 11.4 Å². The topological polar surface area (TPSA) is 49.4 Å². The Morgan fingerprint density at radius 1 is 1.25 bits per heavy atom. The van der Waals surface area contributed by atoms with Crippen molar-refractivity contribution < 1.29 is 19.0 Å². The highest BCUT2D eigenvalue weighted by Crippen LogP contribution is 2.34. The van der Waals surface area contributed by atoms with Crippen molar-refractivity contribution in [3.05, 3.63) is 35.6 Å². The largest absolute Gasteiger partial charge is 0.549 e. The smallest absolute Gasteiger partial charge is 0.123 e. The number of aliphatic carboxylic acids is 1. The van der Waals surface area contributed by atoms with E-state index in [0.717, 1.165) is 0 Å². The minimum atomic E-state index is -1.11. The van der Waals surface area contributed by atoms with Crippen LogP contribution in [0.3, 0.4) is 0 Å². The summed E-state index contributed by atoms with van der Waals surface area (Å²) in [5.41, 5.74) is -0.427. The van der Waals surface area contributed by atoms with Gasteiger partial charge in [0.25, 0.3) is 0 Å². The Kier molecular flexibility index (Phi) is 2.92. The molecular weight excluding hydrogens is 211 g/mol. The van der Waals surface area contributed by atoms with Crippen LogP contribution in [0.25, 0.3) is 0 Å². The lowest BCUT2D eigenvalue weighted by molar-refractivity contribution is -0.316. The standard InChI is InChI=1S/C12H13FO3/c13-10-3-1-9(2-4-10)12(11(14)15)5-7-16-8-6-12/h1-4H,5-8H2,(H,14,15)/p-1. The quantitative estimate of drug-likeness (QED) is 0.738. The van der Waals surface area contributed by atoms with Crippen molar-refractivity contribution in [1.29, 1.82) is 0 Å². The van der Waals surface area contributed by atoms with Gasteiger partial charge in [-0.2, -0.15) is 0 Å². The van der Waals surface area contributed by atoms with E-state index in [-0.39, 0.29) is 5.82 Å². The predicted molar refractivity (Wildman–Crippen MR) is 53.1 cm³/mol. The molecule has 0 amide bonds. The van der Waals surface area contributed by atoms with Gasteiger partial charge in [-0.05, 0) is 30.5 Å². The minimum Gasteiger partial charge on any atom is -0.549 e. The number of carboxylic acid groups (broad SMARTS) is 1. The van der Waals surface area contributed by atoms with E-state index in [1.165, 1.54) is 24.3 Å². The van der Waals surface area contributed by atoms with Gasteiger partial charge in [0.05, 0.1) is 5.97 Å². The average molecular weight is 223 g/mol. The number of hydrogen-bond acceptors (Lipinski definition) is 3. The summed E-state index contributed by atoms with van der Waals surface area (Å²) < 4.78 is 17.9. The number of ether oxygens (including phenoxy) is 1. The SMILES string of the molecule is O=C([O-])C1(c2ccc(F)cc2)CCOCC1. The number of rotatable bonds is 2. The van der Waals surface area contributed by atoms with Gasteiger partial charge in [0.2, 0.25) is 0 Å². The normalized spacial score (nSPS) is 19.3. The molecule has 0 spiro atoms. The first-order valence-corrected chi connectivity index (χ1v) is 5.20. The van der Waals surface area contributed by atoms with Gasteiger partial charge < -0.3 is 14.6 Å². The molecule has 1 aliphatic heterocycles. The number of benzene rings is 1. The molecule has 1 heterocycles. The average Bonchev–Trinajstić information content (AvgIpc) is 2.30. The maximum absolute atomic E-state index is 12.8. The third kappa shape index (κ3) is 1.80. The molecule has 1 fully saturated rings. The first-order valence-electron chi connectivity index (χ1n) is 5.20. The van der Waals surface area contributed by atoms with Crippen molar-refractivity contribution in [3.8, 4) is 0 Å². The van der Waals surface area contributed by atoms with Crippen LogP contribution in [0.1, 0.15) is 18.4 Å². The minimum absolute atomic E-state index is 0.371. The van der Waals surface area contributed by atoms with Crippen LogP contribution in [0.15, 0.2) is 24.3 Å². The molecule has 86 valence electrons. The molecule has 1 aromatic rings. The summed E-state index contributed by atoms with van der Waals surface area (Å²) in [7, 11) is 0. The fourth-order valence-electron chi connectivity index (χ4n) is 2.10. The lowest BCUT2D eigenvalue weighted by Crippen LogP contribution is -2.49. The molecule has 0 saturated carbocycles. The van der Waals surface area contributed by atoms with Crippen molar-refractivity contribution in [2.75, 3.05) is 13.2 Å². The second-order valence-electron chi connectivity index (χ2n) is 3.99. The molecule has 0 aromatic heterocycles. The Morgan fingerprint density at radius 2 is 1.81 bits per heavy atom. The summed E-state index contributed by atoms with van der Waals surface area (Å²) >= 11 is 0. The van der Waals surface area contributed by atoms with Crippen molar-refractivity contribution in [3.63, 3.8) is 0 Å². The van der Waals surface area contributed by atoms with Gasteiger partial charge in [0.15, 0.2) is 0 Å². The van der Waals surface area contributed by atoms with Gasteiger partial charge in [-0.15, -0.1) is 0 Å². The summed E-state index contributed by atoms with van der Waals surface area (Å²) in [5.74, 6) is -1.48.